The number of rotatable bonds is 3. The molecule has 0 spiro atoms. The van der Waals surface area contributed by atoms with Gasteiger partial charge in [-0.15, -0.1) is 0 Å². The van der Waals surface area contributed by atoms with Crippen molar-refractivity contribution in [2.75, 3.05) is 6.61 Å². The van der Waals surface area contributed by atoms with Gasteiger partial charge in [0.2, 0.25) is 5.55 Å². The molecule has 0 aliphatic heterocycles. The third-order valence-corrected chi connectivity index (χ3v) is 3.44. The van der Waals surface area contributed by atoms with Crippen LogP contribution in [0.5, 0.6) is 5.75 Å². The van der Waals surface area contributed by atoms with Gasteiger partial charge in [0.1, 0.15) is 11.1 Å². The van der Waals surface area contributed by atoms with Gasteiger partial charge in [-0.1, -0.05) is 43.0 Å². The lowest BCUT2D eigenvalue weighted by atomic mass is 10.2. The average molecular weight is 307 g/mol. The Morgan fingerprint density at radius 1 is 1.17 bits per heavy atom. The fourth-order valence-electron chi connectivity index (χ4n) is 2.35. The quantitative estimate of drug-likeness (QED) is 0.804. The maximum atomic E-state index is 12.1. The molecular formula is C19H17NO3. The first-order chi connectivity index (χ1) is 11.2. The van der Waals surface area contributed by atoms with E-state index in [0.29, 0.717) is 17.5 Å². The Morgan fingerprint density at radius 2 is 1.91 bits per heavy atom. The zero-order chi connectivity index (χ0) is 16.2. The highest BCUT2D eigenvalue weighted by Gasteiger charge is 2.02. The highest BCUT2D eigenvalue weighted by atomic mass is 16.5. The molecule has 0 atom stereocenters. The fourth-order valence-corrected chi connectivity index (χ4v) is 2.35. The van der Waals surface area contributed by atoms with E-state index in [1.165, 1.54) is 0 Å². The van der Waals surface area contributed by atoms with Crippen molar-refractivity contribution in [3.8, 4) is 5.75 Å². The molecule has 23 heavy (non-hydrogen) atoms. The van der Waals surface area contributed by atoms with E-state index in [2.05, 4.69) is 11.6 Å². The minimum Gasteiger partial charge on any atom is -0.493 e. The lowest BCUT2D eigenvalue weighted by Gasteiger charge is -2.05. The molecule has 0 unspecified atom stereocenters. The summed E-state index contributed by atoms with van der Waals surface area (Å²) in [5.74, 6) is 0.725. The van der Waals surface area contributed by atoms with Gasteiger partial charge >= 0.3 is 5.63 Å². The summed E-state index contributed by atoms with van der Waals surface area (Å²) >= 11 is 0. The molecule has 0 radical (unpaired) electrons. The molecule has 0 aliphatic rings. The van der Waals surface area contributed by atoms with E-state index in [9.17, 15) is 4.79 Å². The molecule has 2 aromatic carbocycles. The van der Waals surface area contributed by atoms with E-state index in [0.717, 1.165) is 21.8 Å². The van der Waals surface area contributed by atoms with E-state index < -0.39 is 5.63 Å². The van der Waals surface area contributed by atoms with Crippen molar-refractivity contribution in [1.82, 2.24) is 4.98 Å². The molecule has 0 amide bonds. The highest BCUT2D eigenvalue weighted by Crippen LogP contribution is 2.17. The van der Waals surface area contributed by atoms with Gasteiger partial charge in [0.05, 0.1) is 6.61 Å². The van der Waals surface area contributed by atoms with E-state index >= 15 is 0 Å². The van der Waals surface area contributed by atoms with Crippen LogP contribution in [0.2, 0.25) is 0 Å². The summed E-state index contributed by atoms with van der Waals surface area (Å²) in [7, 11) is 0. The first-order valence-corrected chi connectivity index (χ1v) is 7.40. The number of hydrogen-bond acceptors (Lipinski definition) is 3. The first kappa shape index (κ1) is 14.9. The molecule has 0 bridgehead atoms. The van der Waals surface area contributed by atoms with E-state index in [-0.39, 0.29) is 0 Å². The monoisotopic (exact) mass is 307 g/mol. The smallest absolute Gasteiger partial charge is 0.361 e. The second-order valence-corrected chi connectivity index (χ2v) is 5.03. The van der Waals surface area contributed by atoms with Crippen molar-refractivity contribution in [2.45, 2.75) is 6.92 Å². The lowest BCUT2D eigenvalue weighted by molar-refractivity contribution is 0.339. The van der Waals surface area contributed by atoms with E-state index in [4.69, 9.17) is 9.15 Å². The number of ether oxygens (including phenoxy) is 1. The van der Waals surface area contributed by atoms with Crippen molar-refractivity contribution in [2.24, 2.45) is 0 Å². The van der Waals surface area contributed by atoms with Gasteiger partial charge in [-0.05, 0) is 30.4 Å². The number of benzene rings is 2. The summed E-state index contributed by atoms with van der Waals surface area (Å²) in [5.41, 5.74) is 0.799. The molecule has 1 N–H and O–H groups in total. The Hall–Kier alpha value is -3.01. The largest absolute Gasteiger partial charge is 0.493 e. The van der Waals surface area contributed by atoms with Crippen molar-refractivity contribution >= 4 is 12.7 Å². The molecule has 4 nitrogen and oxygen atoms in total. The zero-order valence-corrected chi connectivity index (χ0v) is 12.8. The Morgan fingerprint density at radius 3 is 2.70 bits per heavy atom. The minimum absolute atomic E-state index is 0.371. The van der Waals surface area contributed by atoms with Gasteiger partial charge in [-0.3, -0.25) is 0 Å². The van der Waals surface area contributed by atoms with Gasteiger partial charge in [-0.25, -0.2) is 4.79 Å². The Labute approximate surface area is 132 Å². The summed E-state index contributed by atoms with van der Waals surface area (Å²) in [6.07, 6.45) is 1.73. The van der Waals surface area contributed by atoms with E-state index in [1.54, 1.807) is 6.08 Å². The molecule has 1 heterocycles. The summed E-state index contributed by atoms with van der Waals surface area (Å²) in [4.78, 5) is 15.1. The van der Waals surface area contributed by atoms with Gasteiger partial charge in [0, 0.05) is 10.8 Å². The third-order valence-electron chi connectivity index (χ3n) is 3.44. The molecule has 116 valence electrons. The van der Waals surface area contributed by atoms with Crippen LogP contribution in [-0.2, 0) is 0 Å². The number of hydrogen-bond donors (Lipinski definition) is 1. The summed E-state index contributed by atoms with van der Waals surface area (Å²) in [5, 5.41) is 1.93. The zero-order valence-electron chi connectivity index (χ0n) is 12.8. The molecule has 0 saturated carbocycles. The van der Waals surface area contributed by atoms with Crippen molar-refractivity contribution in [3.05, 3.63) is 85.8 Å². The maximum absolute atomic E-state index is 12.1. The third kappa shape index (κ3) is 3.11. The highest BCUT2D eigenvalue weighted by molar-refractivity contribution is 5.56. The van der Waals surface area contributed by atoms with Crippen molar-refractivity contribution in [1.29, 1.82) is 0 Å². The molecule has 0 fully saturated rings. The number of oxazole rings is 1. The molecule has 3 rings (SSSR count). The normalized spacial score (nSPS) is 13.2. The second-order valence-electron chi connectivity index (χ2n) is 5.03. The molecule has 0 aliphatic carbocycles. The van der Waals surface area contributed by atoms with Crippen LogP contribution in [0.15, 0.2) is 57.7 Å². The summed E-state index contributed by atoms with van der Waals surface area (Å²) in [6.45, 7) is 6.43. The number of aromatic amines is 1. The van der Waals surface area contributed by atoms with Gasteiger partial charge < -0.3 is 14.1 Å². The van der Waals surface area contributed by atoms with Gasteiger partial charge in [-0.2, -0.15) is 0 Å². The molecule has 3 aromatic rings. The van der Waals surface area contributed by atoms with Crippen LogP contribution in [0.3, 0.4) is 0 Å². The van der Waals surface area contributed by atoms with Gasteiger partial charge in [0.15, 0.2) is 0 Å². The molecule has 4 heteroatoms. The number of aromatic nitrogens is 1. The van der Waals surface area contributed by atoms with Crippen LogP contribution in [0, 0.1) is 10.8 Å². The fraction of sp³-hybridized carbons (Fsp3) is 0.105. The topological polar surface area (TPSA) is 55.2 Å². The Bertz CT molecular complexity index is 1080. The van der Waals surface area contributed by atoms with Crippen LogP contribution in [0.4, 0.5) is 0 Å². The standard InChI is InChI=1S/C19H17NO3/c1-3-22-17-11-7-5-9-14(17)12-16-19(21)23-18(20-16)15-10-6-4-8-13(15)2/h4-12,20H,2-3H2,1H3/b16-12+,18-15?. The number of H-pyrrole nitrogens is 1. The summed E-state index contributed by atoms with van der Waals surface area (Å²) < 4.78 is 10.9. The average Bonchev–Trinajstić information content (AvgIpc) is 2.91. The molecule has 0 saturated heterocycles. The van der Waals surface area contributed by atoms with Crippen LogP contribution in [0.25, 0.3) is 12.7 Å². The van der Waals surface area contributed by atoms with E-state index in [1.807, 2.05) is 55.5 Å². The first-order valence-electron chi connectivity index (χ1n) is 7.40. The Kier molecular flexibility index (Phi) is 4.15. The predicted octanol–water partition coefficient (Wildman–Crippen LogP) is 1.89. The van der Waals surface area contributed by atoms with Crippen molar-refractivity contribution in [3.63, 3.8) is 0 Å². The van der Waals surface area contributed by atoms with Gasteiger partial charge in [0.25, 0.3) is 0 Å². The summed E-state index contributed by atoms with van der Waals surface area (Å²) in [6, 6.07) is 15.0. The SMILES string of the molecule is C=c1ccccc1=c1[nH]/c(=C/c2ccccc2OCC)c(=O)o1. The number of para-hydroxylation sites is 1. The Balaban J connectivity index is 2.25. The minimum atomic E-state index is -0.422. The molecular weight excluding hydrogens is 290 g/mol. The molecule has 1 aromatic heterocycles. The lowest BCUT2D eigenvalue weighted by Crippen LogP contribution is -2.20. The van der Waals surface area contributed by atoms with Crippen LogP contribution in [0.1, 0.15) is 12.5 Å². The van der Waals surface area contributed by atoms with Crippen molar-refractivity contribution < 1.29 is 9.15 Å². The van der Waals surface area contributed by atoms with Crippen LogP contribution >= 0.6 is 0 Å². The van der Waals surface area contributed by atoms with Crippen LogP contribution in [-0.4, -0.2) is 11.6 Å². The predicted molar refractivity (Wildman–Crippen MR) is 89.4 cm³/mol. The second kappa shape index (κ2) is 6.40. The number of nitrogens with one attached hydrogen (secondary N) is 1. The van der Waals surface area contributed by atoms with Crippen LogP contribution < -0.4 is 20.9 Å². The maximum Gasteiger partial charge on any atom is 0.361 e.